The lowest BCUT2D eigenvalue weighted by molar-refractivity contribution is 0.0996. The van der Waals surface area contributed by atoms with Gasteiger partial charge in [-0.1, -0.05) is 18.2 Å². The molecule has 1 N–H and O–H groups in total. The second-order valence-electron chi connectivity index (χ2n) is 3.83. The van der Waals surface area contributed by atoms with Crippen LogP contribution >= 0.6 is 0 Å². The van der Waals surface area contributed by atoms with Gasteiger partial charge in [0, 0.05) is 12.8 Å². The number of carbonyl (C=O) groups is 1. The van der Waals surface area contributed by atoms with E-state index in [0.29, 0.717) is 12.4 Å². The van der Waals surface area contributed by atoms with Crippen molar-refractivity contribution < 1.29 is 13.9 Å². The summed E-state index contributed by atoms with van der Waals surface area (Å²) in [5.74, 6) is 0.0569. The molecule has 1 aromatic heterocycles. The van der Waals surface area contributed by atoms with E-state index in [4.69, 9.17) is 9.15 Å². The van der Waals surface area contributed by atoms with Crippen molar-refractivity contribution in [1.82, 2.24) is 0 Å². The van der Waals surface area contributed by atoms with Gasteiger partial charge in [0.05, 0.1) is 12.9 Å². The van der Waals surface area contributed by atoms with Crippen LogP contribution in [0.5, 0.6) is 0 Å². The number of methoxy groups -OCH3 is 1. The summed E-state index contributed by atoms with van der Waals surface area (Å²) in [5.41, 5.74) is 1.83. The normalized spacial score (nSPS) is 10.3. The highest BCUT2D eigenvalue weighted by Crippen LogP contribution is 2.17. The van der Waals surface area contributed by atoms with Crippen molar-refractivity contribution in [3.8, 4) is 0 Å². The van der Waals surface area contributed by atoms with Crippen LogP contribution in [0.4, 0.5) is 5.69 Å². The third-order valence-electron chi connectivity index (χ3n) is 2.59. The minimum Gasteiger partial charge on any atom is -0.459 e. The summed E-state index contributed by atoms with van der Waals surface area (Å²) in [6.07, 6.45) is 2.23. The third kappa shape index (κ3) is 2.99. The zero-order valence-electron chi connectivity index (χ0n) is 10.2. The Morgan fingerprint density at radius 1 is 1.28 bits per heavy atom. The van der Waals surface area contributed by atoms with Crippen LogP contribution in [-0.2, 0) is 11.2 Å². The van der Waals surface area contributed by atoms with Crippen molar-refractivity contribution in [3.05, 3.63) is 54.0 Å². The summed E-state index contributed by atoms with van der Waals surface area (Å²) in [4.78, 5) is 11.9. The second-order valence-corrected chi connectivity index (χ2v) is 3.83. The molecule has 0 aliphatic rings. The van der Waals surface area contributed by atoms with Crippen molar-refractivity contribution in [2.24, 2.45) is 0 Å². The first-order valence-corrected chi connectivity index (χ1v) is 5.73. The van der Waals surface area contributed by atoms with Gasteiger partial charge in [-0.2, -0.15) is 0 Å². The lowest BCUT2D eigenvalue weighted by atomic mass is 10.1. The lowest BCUT2D eigenvalue weighted by Crippen LogP contribution is -2.12. The molecule has 2 aromatic rings. The average molecular weight is 245 g/mol. The summed E-state index contributed by atoms with van der Waals surface area (Å²) in [7, 11) is 1.66. The summed E-state index contributed by atoms with van der Waals surface area (Å²) in [6, 6.07) is 11.0. The Morgan fingerprint density at radius 2 is 2.11 bits per heavy atom. The topological polar surface area (TPSA) is 51.5 Å². The van der Waals surface area contributed by atoms with Crippen LogP contribution in [0.1, 0.15) is 16.1 Å². The molecular weight excluding hydrogens is 230 g/mol. The Labute approximate surface area is 106 Å². The third-order valence-corrected chi connectivity index (χ3v) is 2.59. The summed E-state index contributed by atoms with van der Waals surface area (Å²) >= 11 is 0. The number of rotatable bonds is 5. The minimum atomic E-state index is -0.245. The standard InChI is InChI=1S/C14H15NO3/c1-17-10-8-11-5-2-3-6-12(11)15-14(16)13-7-4-9-18-13/h2-7,9H,8,10H2,1H3,(H,15,16). The van der Waals surface area contributed by atoms with Gasteiger partial charge in [0.2, 0.25) is 0 Å². The fourth-order valence-electron chi connectivity index (χ4n) is 1.66. The van der Waals surface area contributed by atoms with Gasteiger partial charge < -0.3 is 14.5 Å². The van der Waals surface area contributed by atoms with Crippen LogP contribution < -0.4 is 5.32 Å². The van der Waals surface area contributed by atoms with Gasteiger partial charge >= 0.3 is 0 Å². The molecule has 1 aromatic carbocycles. The van der Waals surface area contributed by atoms with Crippen LogP contribution in [0.3, 0.4) is 0 Å². The molecule has 4 nitrogen and oxygen atoms in total. The first kappa shape index (κ1) is 12.4. The molecule has 1 amide bonds. The molecule has 0 radical (unpaired) electrons. The molecule has 0 aliphatic heterocycles. The maximum absolute atomic E-state index is 11.9. The van der Waals surface area contributed by atoms with Gasteiger partial charge in [-0.15, -0.1) is 0 Å². The van der Waals surface area contributed by atoms with Crippen molar-refractivity contribution in [3.63, 3.8) is 0 Å². The van der Waals surface area contributed by atoms with E-state index in [-0.39, 0.29) is 5.91 Å². The molecule has 0 spiro atoms. The van der Waals surface area contributed by atoms with E-state index in [1.165, 1.54) is 6.26 Å². The summed E-state index contributed by atoms with van der Waals surface area (Å²) < 4.78 is 10.1. The first-order chi connectivity index (χ1) is 8.81. The van der Waals surface area contributed by atoms with Gasteiger partial charge in [0.15, 0.2) is 5.76 Å². The molecule has 2 rings (SSSR count). The minimum absolute atomic E-state index is 0.245. The number of carbonyl (C=O) groups excluding carboxylic acids is 1. The monoisotopic (exact) mass is 245 g/mol. The quantitative estimate of drug-likeness (QED) is 0.881. The largest absolute Gasteiger partial charge is 0.459 e. The lowest BCUT2D eigenvalue weighted by Gasteiger charge is -2.09. The van der Waals surface area contributed by atoms with Gasteiger partial charge in [-0.3, -0.25) is 4.79 Å². The van der Waals surface area contributed by atoms with E-state index in [1.54, 1.807) is 19.2 Å². The van der Waals surface area contributed by atoms with E-state index < -0.39 is 0 Å². The maximum Gasteiger partial charge on any atom is 0.291 e. The van der Waals surface area contributed by atoms with Crippen LogP contribution in [0, 0.1) is 0 Å². The fourth-order valence-corrected chi connectivity index (χ4v) is 1.66. The van der Waals surface area contributed by atoms with Crippen molar-refractivity contribution in [2.45, 2.75) is 6.42 Å². The molecule has 18 heavy (non-hydrogen) atoms. The van der Waals surface area contributed by atoms with Crippen LogP contribution in [0.15, 0.2) is 47.1 Å². The predicted molar refractivity (Wildman–Crippen MR) is 68.7 cm³/mol. The number of nitrogens with one attached hydrogen (secondary N) is 1. The Hall–Kier alpha value is -2.07. The fraction of sp³-hybridized carbons (Fsp3) is 0.214. The van der Waals surface area contributed by atoms with E-state index in [2.05, 4.69) is 5.32 Å². The van der Waals surface area contributed by atoms with Gasteiger partial charge in [-0.25, -0.2) is 0 Å². The molecule has 94 valence electrons. The summed E-state index contributed by atoms with van der Waals surface area (Å²) in [6.45, 7) is 0.619. The number of hydrogen-bond acceptors (Lipinski definition) is 3. The van der Waals surface area contributed by atoms with Crippen LogP contribution in [0.2, 0.25) is 0 Å². The molecular formula is C14H15NO3. The van der Waals surface area contributed by atoms with Gasteiger partial charge in [0.25, 0.3) is 5.91 Å². The molecule has 0 aliphatic carbocycles. The van der Waals surface area contributed by atoms with Gasteiger partial charge in [-0.05, 0) is 30.2 Å². The van der Waals surface area contributed by atoms with Gasteiger partial charge in [0.1, 0.15) is 0 Å². The Kier molecular flexibility index (Phi) is 4.15. The molecule has 4 heteroatoms. The Morgan fingerprint density at radius 3 is 2.83 bits per heavy atom. The highest BCUT2D eigenvalue weighted by atomic mass is 16.5. The zero-order valence-corrected chi connectivity index (χ0v) is 10.2. The summed E-state index contributed by atoms with van der Waals surface area (Å²) in [5, 5.41) is 2.83. The Balaban J connectivity index is 2.11. The first-order valence-electron chi connectivity index (χ1n) is 5.73. The second kappa shape index (κ2) is 6.02. The molecule has 0 fully saturated rings. The van der Waals surface area contributed by atoms with Crippen LogP contribution in [-0.4, -0.2) is 19.6 Å². The zero-order chi connectivity index (χ0) is 12.8. The van der Waals surface area contributed by atoms with Crippen molar-refractivity contribution in [2.75, 3.05) is 19.0 Å². The number of anilines is 1. The number of hydrogen-bond donors (Lipinski definition) is 1. The molecule has 0 unspecified atom stereocenters. The molecule has 0 atom stereocenters. The van der Waals surface area contributed by atoms with E-state index >= 15 is 0 Å². The number of ether oxygens (including phenoxy) is 1. The average Bonchev–Trinajstić information content (AvgIpc) is 2.91. The molecule has 0 saturated carbocycles. The highest BCUT2D eigenvalue weighted by molar-refractivity contribution is 6.02. The number of furan rings is 1. The molecule has 1 heterocycles. The number of amides is 1. The molecule has 0 bridgehead atoms. The van der Waals surface area contributed by atoms with Crippen molar-refractivity contribution >= 4 is 11.6 Å². The smallest absolute Gasteiger partial charge is 0.291 e. The van der Waals surface area contributed by atoms with E-state index in [1.807, 2.05) is 24.3 Å². The van der Waals surface area contributed by atoms with E-state index in [0.717, 1.165) is 17.7 Å². The highest BCUT2D eigenvalue weighted by Gasteiger charge is 2.10. The van der Waals surface area contributed by atoms with E-state index in [9.17, 15) is 4.79 Å². The van der Waals surface area contributed by atoms with Crippen LogP contribution in [0.25, 0.3) is 0 Å². The molecule has 0 saturated heterocycles. The predicted octanol–water partition coefficient (Wildman–Crippen LogP) is 2.72. The number of para-hydroxylation sites is 1. The SMILES string of the molecule is COCCc1ccccc1NC(=O)c1ccco1. The maximum atomic E-state index is 11.9. The number of benzene rings is 1. The Bertz CT molecular complexity index is 506. The van der Waals surface area contributed by atoms with Crippen molar-refractivity contribution in [1.29, 1.82) is 0 Å².